The maximum absolute atomic E-state index is 14.6. The van der Waals surface area contributed by atoms with Gasteiger partial charge in [0.2, 0.25) is 5.91 Å². The van der Waals surface area contributed by atoms with Crippen LogP contribution in [-0.4, -0.2) is 51.4 Å². The van der Waals surface area contributed by atoms with Crippen molar-refractivity contribution in [2.75, 3.05) is 13.1 Å². The summed E-state index contributed by atoms with van der Waals surface area (Å²) < 4.78 is 14.6. The minimum Gasteiger partial charge on any atom is -0.350 e. The third kappa shape index (κ3) is 11.0. The van der Waals surface area contributed by atoms with Gasteiger partial charge < -0.3 is 10.2 Å². The van der Waals surface area contributed by atoms with Gasteiger partial charge in [0, 0.05) is 48.7 Å². The number of rotatable bonds is 10. The molecule has 2 unspecified atom stereocenters. The molecule has 218 valence electrons. The Hall–Kier alpha value is -4.33. The summed E-state index contributed by atoms with van der Waals surface area (Å²) >= 11 is 0. The predicted octanol–water partition coefficient (Wildman–Crippen LogP) is 7.03. The van der Waals surface area contributed by atoms with Gasteiger partial charge in [-0.2, -0.15) is 5.10 Å². The predicted molar refractivity (Wildman–Crippen MR) is 170 cm³/mol. The maximum atomic E-state index is 14.6. The number of H-pyrrole nitrogens is 1. The molecule has 0 saturated carbocycles. The average molecular weight is 559 g/mol. The molecule has 8 heteroatoms. The van der Waals surface area contributed by atoms with E-state index in [1.54, 1.807) is 31.1 Å². The molecular weight excluding hydrogens is 515 g/mol. The number of aliphatic imine (C=N–C) groups is 2. The third-order valence-electron chi connectivity index (χ3n) is 6.44. The first kappa shape index (κ1) is 32.9. The van der Waals surface area contributed by atoms with Crippen molar-refractivity contribution in [2.45, 2.75) is 53.1 Å². The number of amides is 1. The summed E-state index contributed by atoms with van der Waals surface area (Å²) in [7, 11) is 0. The second-order valence-electron chi connectivity index (χ2n) is 10.3. The van der Waals surface area contributed by atoms with E-state index in [1.807, 2.05) is 62.6 Å². The Morgan fingerprint density at radius 2 is 2.05 bits per heavy atom. The number of aromatic nitrogens is 2. The molecule has 2 atom stereocenters. The van der Waals surface area contributed by atoms with E-state index in [0.29, 0.717) is 35.8 Å². The first-order chi connectivity index (χ1) is 19.5. The number of nitrogens with one attached hydrogen (secondary N) is 2. The van der Waals surface area contributed by atoms with Gasteiger partial charge in [-0.15, -0.1) is 0 Å². The summed E-state index contributed by atoms with van der Waals surface area (Å²) in [6.45, 7) is 21.5. The summed E-state index contributed by atoms with van der Waals surface area (Å²) in [5.41, 5.74) is 2.71. The Balaban J connectivity index is 2.23. The number of amidine groups is 2. The van der Waals surface area contributed by atoms with Crippen LogP contribution in [0.2, 0.25) is 0 Å². The molecule has 0 fully saturated rings. The summed E-state index contributed by atoms with van der Waals surface area (Å²) in [6, 6.07) is 0. The molecule has 1 aromatic rings. The molecule has 2 heterocycles. The molecule has 0 bridgehead atoms. The van der Waals surface area contributed by atoms with Crippen molar-refractivity contribution < 1.29 is 9.18 Å². The Morgan fingerprint density at radius 1 is 1.32 bits per heavy atom. The number of carbonyl (C=O) groups excluding carboxylic acids is 1. The molecule has 0 saturated heterocycles. The molecule has 1 amide bonds. The van der Waals surface area contributed by atoms with E-state index in [0.717, 1.165) is 16.7 Å². The van der Waals surface area contributed by atoms with Gasteiger partial charge >= 0.3 is 0 Å². The van der Waals surface area contributed by atoms with Gasteiger partial charge in [0.25, 0.3) is 0 Å². The van der Waals surface area contributed by atoms with Gasteiger partial charge in [0.05, 0.1) is 6.20 Å². The lowest BCUT2D eigenvalue weighted by atomic mass is 9.91. The van der Waals surface area contributed by atoms with Gasteiger partial charge in [-0.25, -0.2) is 14.4 Å². The van der Waals surface area contributed by atoms with Crippen LogP contribution in [0.15, 0.2) is 114 Å². The number of hydrogen-bond acceptors (Lipinski definition) is 3. The van der Waals surface area contributed by atoms with Gasteiger partial charge in [-0.3, -0.25) is 9.89 Å². The fraction of sp³-hybridized carbons (Fsp3) is 0.333. The van der Waals surface area contributed by atoms with E-state index in [2.05, 4.69) is 45.2 Å². The van der Waals surface area contributed by atoms with Crippen LogP contribution in [0, 0.1) is 5.92 Å². The lowest BCUT2D eigenvalue weighted by molar-refractivity contribution is -0.135. The lowest BCUT2D eigenvalue weighted by Crippen LogP contribution is -2.39. The molecular formula is C33H43FN6O. The topological polar surface area (TPSA) is 85.7 Å². The summed E-state index contributed by atoms with van der Waals surface area (Å²) in [6.07, 6.45) is 20.7. The monoisotopic (exact) mass is 558 g/mol. The Labute approximate surface area is 244 Å². The number of alkyl halides is 1. The standard InChI is InChI=1S/C33H43FN6O/c1-9-13-28(30-20-37-38-21-30)14-12-17-36-27(7)39-31(35-11-3)29-16-15-24(4)22-40(23-25(5)18-29)32(41)26(6)19-33(8,34)10-2/h9,11-18,20-21,26H,3-5,10,19,22-23H2,1-2,6-8H3,(H,37,38)(H,35,36,39)/b13-9-,16-15-,17-12+,28-14+,29-18+. The Morgan fingerprint density at radius 3 is 2.68 bits per heavy atom. The van der Waals surface area contributed by atoms with Crippen LogP contribution in [0.3, 0.4) is 0 Å². The number of aromatic amines is 1. The smallest absolute Gasteiger partial charge is 0.226 e. The van der Waals surface area contributed by atoms with Crippen LogP contribution in [0.5, 0.6) is 0 Å². The molecule has 1 aromatic heterocycles. The van der Waals surface area contributed by atoms with Gasteiger partial charge in [0.15, 0.2) is 5.84 Å². The van der Waals surface area contributed by atoms with Crippen molar-refractivity contribution >= 4 is 23.2 Å². The SMILES string of the molecule is C=C/N=C(\N=C(/C)N/C=C/C=C(\C=C/C)c1cn[nH]c1)C1=C/C(=C)CN(C(=O)C(C)CC(C)(F)CC)CC(=C)/C=C\1. The van der Waals surface area contributed by atoms with Crippen molar-refractivity contribution in [2.24, 2.45) is 15.9 Å². The van der Waals surface area contributed by atoms with Crippen LogP contribution in [0.4, 0.5) is 4.39 Å². The highest BCUT2D eigenvalue weighted by Crippen LogP contribution is 2.26. The van der Waals surface area contributed by atoms with Crippen molar-refractivity contribution in [1.29, 1.82) is 0 Å². The van der Waals surface area contributed by atoms with Crippen molar-refractivity contribution in [1.82, 2.24) is 20.4 Å². The highest BCUT2D eigenvalue weighted by Gasteiger charge is 2.30. The van der Waals surface area contributed by atoms with Crippen LogP contribution in [-0.2, 0) is 4.79 Å². The van der Waals surface area contributed by atoms with E-state index in [1.165, 1.54) is 13.1 Å². The first-order valence-corrected chi connectivity index (χ1v) is 13.7. The average Bonchev–Trinajstić information content (AvgIpc) is 3.47. The lowest BCUT2D eigenvalue weighted by Gasteiger charge is -2.29. The number of hydrogen-bond donors (Lipinski definition) is 2. The zero-order valence-electron chi connectivity index (χ0n) is 25.0. The minimum atomic E-state index is -1.39. The van der Waals surface area contributed by atoms with Gasteiger partial charge in [0.1, 0.15) is 11.5 Å². The fourth-order valence-corrected chi connectivity index (χ4v) is 4.20. The zero-order chi connectivity index (χ0) is 30.4. The molecule has 7 nitrogen and oxygen atoms in total. The summed E-state index contributed by atoms with van der Waals surface area (Å²) in [4.78, 5) is 24.0. The minimum absolute atomic E-state index is 0.126. The summed E-state index contributed by atoms with van der Waals surface area (Å²) in [5.74, 6) is 0.447. The molecule has 2 rings (SSSR count). The van der Waals surface area contributed by atoms with Crippen LogP contribution < -0.4 is 5.32 Å². The maximum Gasteiger partial charge on any atom is 0.226 e. The molecule has 0 spiro atoms. The highest BCUT2D eigenvalue weighted by molar-refractivity contribution is 6.08. The summed E-state index contributed by atoms with van der Waals surface area (Å²) in [5, 5.41) is 9.99. The molecule has 0 aliphatic carbocycles. The number of carbonyl (C=O) groups is 1. The Bertz CT molecular complexity index is 1300. The molecule has 0 radical (unpaired) electrons. The first-order valence-electron chi connectivity index (χ1n) is 13.7. The molecule has 41 heavy (non-hydrogen) atoms. The van der Waals surface area contributed by atoms with Crippen LogP contribution in [0.1, 0.15) is 53.0 Å². The van der Waals surface area contributed by atoms with Gasteiger partial charge in [-0.1, -0.05) is 64.0 Å². The van der Waals surface area contributed by atoms with E-state index < -0.39 is 11.6 Å². The second-order valence-corrected chi connectivity index (χ2v) is 10.3. The number of nitrogens with zero attached hydrogens (tertiary/aromatic N) is 4. The fourth-order valence-electron chi connectivity index (χ4n) is 4.20. The Kier molecular flexibility index (Phi) is 12.9. The van der Waals surface area contributed by atoms with E-state index in [9.17, 15) is 9.18 Å². The second kappa shape index (κ2) is 16.1. The molecule has 0 aromatic carbocycles. The molecule has 1 aliphatic rings. The largest absolute Gasteiger partial charge is 0.350 e. The van der Waals surface area contributed by atoms with Crippen LogP contribution >= 0.6 is 0 Å². The zero-order valence-corrected chi connectivity index (χ0v) is 25.0. The third-order valence-corrected chi connectivity index (χ3v) is 6.44. The normalized spacial score (nSPS) is 20.2. The number of halogens is 1. The van der Waals surface area contributed by atoms with Crippen molar-refractivity contribution in [3.05, 3.63) is 109 Å². The van der Waals surface area contributed by atoms with E-state index in [4.69, 9.17) is 0 Å². The van der Waals surface area contributed by atoms with Crippen LogP contribution in [0.25, 0.3) is 5.57 Å². The van der Waals surface area contributed by atoms with Gasteiger partial charge in [-0.05, 0) is 62.5 Å². The highest BCUT2D eigenvalue weighted by atomic mass is 19.1. The van der Waals surface area contributed by atoms with E-state index >= 15 is 0 Å². The molecule has 1 aliphatic heterocycles. The van der Waals surface area contributed by atoms with Crippen molar-refractivity contribution in [3.63, 3.8) is 0 Å². The number of allylic oxidation sites excluding steroid dienone is 5. The molecule has 2 N–H and O–H groups in total. The van der Waals surface area contributed by atoms with Crippen molar-refractivity contribution in [3.8, 4) is 0 Å². The quantitative estimate of drug-likeness (QED) is 0.184. The van der Waals surface area contributed by atoms with E-state index in [-0.39, 0.29) is 18.9 Å².